The minimum Gasteiger partial charge on any atom is -0.495 e. The fourth-order valence-corrected chi connectivity index (χ4v) is 1.35. The molecule has 0 saturated carbocycles. The van der Waals surface area contributed by atoms with Gasteiger partial charge in [0.25, 0.3) is 0 Å². The van der Waals surface area contributed by atoms with Crippen LogP contribution in [0.1, 0.15) is 0 Å². The molecule has 0 atom stereocenters. The van der Waals surface area contributed by atoms with E-state index in [9.17, 15) is 4.39 Å². The Balaban J connectivity index is 3.39. The summed E-state index contributed by atoms with van der Waals surface area (Å²) in [6.07, 6.45) is 0. The van der Waals surface area contributed by atoms with Crippen molar-refractivity contribution in [2.24, 2.45) is 0 Å². The number of benzene rings is 1. The third kappa shape index (κ3) is 1.49. The average molecular weight is 254 g/mol. The van der Waals surface area contributed by atoms with Crippen LogP contribution in [0.3, 0.4) is 0 Å². The lowest BCUT2D eigenvalue weighted by Crippen LogP contribution is -1.95. The number of ether oxygens (including phenoxy) is 1. The largest absolute Gasteiger partial charge is 0.495 e. The third-order valence-corrected chi connectivity index (χ3v) is 2.39. The topological polar surface area (TPSA) is 35.2 Å². The Morgan fingerprint density at radius 2 is 2.25 bits per heavy atom. The van der Waals surface area contributed by atoms with E-state index < -0.39 is 5.82 Å². The summed E-state index contributed by atoms with van der Waals surface area (Å²) in [5.74, 6) is -0.405. The molecule has 0 spiro atoms. The van der Waals surface area contributed by atoms with Gasteiger partial charge in [0.2, 0.25) is 0 Å². The standard InChI is InChI=1S/C7H6BrClFNO/c1-12-4-2-3(8)7(11)6(10)5(4)9/h2H,11H2,1H3. The van der Waals surface area contributed by atoms with Crippen molar-refractivity contribution in [2.75, 3.05) is 12.8 Å². The van der Waals surface area contributed by atoms with Gasteiger partial charge in [-0.05, 0) is 22.0 Å². The Hall–Kier alpha value is -0.480. The third-order valence-electron chi connectivity index (χ3n) is 1.38. The smallest absolute Gasteiger partial charge is 0.169 e. The van der Waals surface area contributed by atoms with E-state index in [4.69, 9.17) is 22.1 Å². The predicted octanol–water partition coefficient (Wildman–Crippen LogP) is 2.83. The predicted molar refractivity (Wildman–Crippen MR) is 50.1 cm³/mol. The molecule has 1 aromatic rings. The van der Waals surface area contributed by atoms with Gasteiger partial charge in [-0.2, -0.15) is 0 Å². The zero-order chi connectivity index (χ0) is 9.30. The number of halogens is 3. The zero-order valence-electron chi connectivity index (χ0n) is 6.20. The summed E-state index contributed by atoms with van der Waals surface area (Å²) in [6, 6.07) is 1.51. The molecule has 0 bridgehead atoms. The molecule has 12 heavy (non-hydrogen) atoms. The Kier molecular flexibility index (Phi) is 2.80. The van der Waals surface area contributed by atoms with Crippen molar-refractivity contribution in [3.05, 3.63) is 21.4 Å². The van der Waals surface area contributed by atoms with E-state index in [1.807, 2.05) is 0 Å². The van der Waals surface area contributed by atoms with Crippen molar-refractivity contribution in [3.8, 4) is 5.75 Å². The van der Waals surface area contributed by atoms with E-state index in [1.165, 1.54) is 13.2 Å². The molecule has 0 unspecified atom stereocenters. The normalized spacial score (nSPS) is 10.0. The van der Waals surface area contributed by atoms with Crippen LogP contribution in [0, 0.1) is 5.82 Å². The molecule has 2 nitrogen and oxygen atoms in total. The molecule has 0 saturated heterocycles. The van der Waals surface area contributed by atoms with Crippen molar-refractivity contribution in [1.82, 2.24) is 0 Å². The molecule has 5 heteroatoms. The van der Waals surface area contributed by atoms with E-state index in [1.54, 1.807) is 0 Å². The van der Waals surface area contributed by atoms with E-state index in [0.29, 0.717) is 4.47 Å². The van der Waals surface area contributed by atoms with E-state index >= 15 is 0 Å². The minimum atomic E-state index is -0.664. The van der Waals surface area contributed by atoms with Crippen molar-refractivity contribution in [1.29, 1.82) is 0 Å². The summed E-state index contributed by atoms with van der Waals surface area (Å²) in [5, 5.41) is -0.0989. The maximum absolute atomic E-state index is 13.1. The molecular formula is C7H6BrClFNO. The van der Waals surface area contributed by atoms with Gasteiger partial charge in [-0.1, -0.05) is 11.6 Å². The van der Waals surface area contributed by atoms with Crippen LogP contribution in [0.15, 0.2) is 10.5 Å². The fourth-order valence-electron chi connectivity index (χ4n) is 0.736. The summed E-state index contributed by atoms with van der Waals surface area (Å²) >= 11 is 8.64. The van der Waals surface area contributed by atoms with Crippen LogP contribution in [-0.4, -0.2) is 7.11 Å². The first-order valence-electron chi connectivity index (χ1n) is 3.05. The quantitative estimate of drug-likeness (QED) is 0.618. The highest BCUT2D eigenvalue weighted by Gasteiger charge is 2.13. The number of nitrogen functional groups attached to an aromatic ring is 1. The molecule has 1 aromatic carbocycles. The number of rotatable bonds is 1. The SMILES string of the molecule is COc1cc(Br)c(N)c(F)c1Cl. The van der Waals surface area contributed by atoms with Gasteiger partial charge in [-0.25, -0.2) is 4.39 Å². The highest BCUT2D eigenvalue weighted by Crippen LogP contribution is 2.35. The Morgan fingerprint density at radius 1 is 1.67 bits per heavy atom. The van der Waals surface area contributed by atoms with Crippen LogP contribution in [0.4, 0.5) is 10.1 Å². The zero-order valence-corrected chi connectivity index (χ0v) is 8.54. The highest BCUT2D eigenvalue weighted by atomic mass is 79.9. The molecule has 0 aliphatic rings. The van der Waals surface area contributed by atoms with Gasteiger partial charge >= 0.3 is 0 Å². The van der Waals surface area contributed by atoms with Crippen LogP contribution in [0.25, 0.3) is 0 Å². The van der Waals surface area contributed by atoms with Crippen molar-refractivity contribution >= 4 is 33.2 Å². The van der Waals surface area contributed by atoms with E-state index in [2.05, 4.69) is 15.9 Å². The van der Waals surface area contributed by atoms with Gasteiger partial charge in [-0.3, -0.25) is 0 Å². The molecule has 0 heterocycles. The Bertz CT molecular complexity index is 319. The molecule has 0 fully saturated rings. The molecule has 0 aromatic heterocycles. The molecule has 66 valence electrons. The van der Waals surface area contributed by atoms with Gasteiger partial charge < -0.3 is 10.5 Å². The number of nitrogens with two attached hydrogens (primary N) is 1. The first-order valence-corrected chi connectivity index (χ1v) is 4.22. The molecular weight excluding hydrogens is 248 g/mol. The highest BCUT2D eigenvalue weighted by molar-refractivity contribution is 9.10. The first-order chi connectivity index (χ1) is 5.57. The maximum Gasteiger partial charge on any atom is 0.169 e. The summed E-state index contributed by atoms with van der Waals surface area (Å²) in [4.78, 5) is 0. The lowest BCUT2D eigenvalue weighted by molar-refractivity contribution is 0.411. The number of hydrogen-bond acceptors (Lipinski definition) is 2. The second kappa shape index (κ2) is 3.49. The van der Waals surface area contributed by atoms with Gasteiger partial charge in [-0.15, -0.1) is 0 Å². The monoisotopic (exact) mass is 253 g/mol. The van der Waals surface area contributed by atoms with E-state index in [0.717, 1.165) is 0 Å². The molecule has 1 rings (SSSR count). The molecule has 0 amide bonds. The average Bonchev–Trinajstić information content (AvgIpc) is 2.08. The summed E-state index contributed by atoms with van der Waals surface area (Å²) in [5.41, 5.74) is 5.33. The maximum atomic E-state index is 13.1. The number of methoxy groups -OCH3 is 1. The van der Waals surface area contributed by atoms with Crippen LogP contribution in [0.5, 0.6) is 5.75 Å². The van der Waals surface area contributed by atoms with Crippen molar-refractivity contribution in [2.45, 2.75) is 0 Å². The molecule has 0 aliphatic heterocycles. The lowest BCUT2D eigenvalue weighted by atomic mass is 10.3. The van der Waals surface area contributed by atoms with Gasteiger partial charge in [0, 0.05) is 4.47 Å². The van der Waals surface area contributed by atoms with Crippen molar-refractivity contribution in [3.63, 3.8) is 0 Å². The Morgan fingerprint density at radius 3 is 2.75 bits per heavy atom. The summed E-state index contributed by atoms with van der Waals surface area (Å²) in [7, 11) is 1.41. The minimum absolute atomic E-state index is 0.0131. The molecule has 0 radical (unpaired) electrons. The fraction of sp³-hybridized carbons (Fsp3) is 0.143. The Labute approximate surface area is 82.6 Å². The lowest BCUT2D eigenvalue weighted by Gasteiger charge is -2.07. The second-order valence-corrected chi connectivity index (χ2v) is 3.33. The van der Waals surface area contributed by atoms with E-state index in [-0.39, 0.29) is 16.5 Å². The molecule has 2 N–H and O–H groups in total. The van der Waals surface area contributed by atoms with Crippen LogP contribution >= 0.6 is 27.5 Å². The van der Waals surface area contributed by atoms with Crippen LogP contribution in [-0.2, 0) is 0 Å². The summed E-state index contributed by atoms with van der Waals surface area (Å²) < 4.78 is 18.3. The molecule has 0 aliphatic carbocycles. The summed E-state index contributed by atoms with van der Waals surface area (Å²) in [6.45, 7) is 0. The van der Waals surface area contributed by atoms with Crippen molar-refractivity contribution < 1.29 is 9.13 Å². The second-order valence-electron chi connectivity index (χ2n) is 2.10. The van der Waals surface area contributed by atoms with Gasteiger partial charge in [0.05, 0.1) is 12.8 Å². The first kappa shape index (κ1) is 9.61. The number of hydrogen-bond donors (Lipinski definition) is 1. The van der Waals surface area contributed by atoms with Gasteiger partial charge in [0.1, 0.15) is 10.8 Å². The van der Waals surface area contributed by atoms with Crippen LogP contribution < -0.4 is 10.5 Å². The number of anilines is 1. The van der Waals surface area contributed by atoms with Gasteiger partial charge in [0.15, 0.2) is 5.82 Å². The van der Waals surface area contributed by atoms with Crippen LogP contribution in [0.2, 0.25) is 5.02 Å².